The van der Waals surface area contributed by atoms with Crippen molar-refractivity contribution in [3.63, 3.8) is 0 Å². The predicted octanol–water partition coefficient (Wildman–Crippen LogP) is 0.196. The third-order valence-corrected chi connectivity index (χ3v) is 3.72. The molecule has 8 nitrogen and oxygen atoms in total. The lowest BCUT2D eigenvalue weighted by Crippen LogP contribution is -2.28. The molecule has 0 atom stereocenters. The maximum absolute atomic E-state index is 10.9. The van der Waals surface area contributed by atoms with Crippen molar-refractivity contribution < 1.29 is 28.7 Å². The van der Waals surface area contributed by atoms with Gasteiger partial charge in [-0.1, -0.05) is 6.07 Å². The summed E-state index contributed by atoms with van der Waals surface area (Å²) >= 11 is 0. The van der Waals surface area contributed by atoms with Gasteiger partial charge in [0.25, 0.3) is 0 Å². The quantitative estimate of drug-likeness (QED) is 0.525. The van der Waals surface area contributed by atoms with Gasteiger partial charge >= 0.3 is 15.2 Å². The highest BCUT2D eigenvalue weighted by Crippen LogP contribution is 2.40. The first-order valence-corrected chi connectivity index (χ1v) is 8.97. The zero-order valence-corrected chi connectivity index (χ0v) is 11.8. The van der Waals surface area contributed by atoms with Gasteiger partial charge < -0.3 is 19.6 Å². The summed E-state index contributed by atoms with van der Waals surface area (Å²) in [5.74, 6) is 0. The van der Waals surface area contributed by atoms with Crippen molar-refractivity contribution in [3.05, 3.63) is 30.1 Å². The average Bonchev–Trinajstić information content (AvgIpc) is 2.23. The zero-order valence-electron chi connectivity index (χ0n) is 10.0. The number of hydrogen-bond donors (Lipinski definition) is 4. The third-order valence-electron chi connectivity index (χ3n) is 2.18. The van der Waals surface area contributed by atoms with Crippen LogP contribution in [0.5, 0.6) is 0 Å². The van der Waals surface area contributed by atoms with Crippen LogP contribution in [-0.4, -0.2) is 48.6 Å². The van der Waals surface area contributed by atoms with Crippen molar-refractivity contribution in [2.24, 2.45) is 0 Å². The lowest BCUT2D eigenvalue weighted by atomic mass is 10.3. The number of aromatic nitrogens is 1. The third kappa shape index (κ3) is 8.23. The molecule has 0 fully saturated rings. The highest BCUT2D eigenvalue weighted by atomic mass is 31.2. The topological polar surface area (TPSA) is 131 Å². The van der Waals surface area contributed by atoms with Crippen molar-refractivity contribution >= 4 is 15.2 Å². The van der Waals surface area contributed by atoms with Crippen LogP contribution in [0.2, 0.25) is 0 Å². The molecule has 0 unspecified atom stereocenters. The number of hydrogen-bond acceptors (Lipinski definition) is 4. The second kappa shape index (κ2) is 6.72. The summed E-state index contributed by atoms with van der Waals surface area (Å²) in [4.78, 5) is 40.6. The molecule has 1 aromatic heterocycles. The maximum atomic E-state index is 10.9. The second-order valence-electron chi connectivity index (χ2n) is 4.08. The van der Waals surface area contributed by atoms with Crippen LogP contribution in [-0.2, 0) is 15.6 Å². The summed E-state index contributed by atoms with van der Waals surface area (Å²) in [6.07, 6.45) is 0.544. The molecular weight excluding hydrogens is 294 g/mol. The van der Waals surface area contributed by atoms with Gasteiger partial charge in [0.15, 0.2) is 0 Å². The Morgan fingerprint density at radius 2 is 1.63 bits per heavy atom. The molecule has 0 saturated heterocycles. The number of pyridine rings is 1. The van der Waals surface area contributed by atoms with E-state index in [-0.39, 0.29) is 6.54 Å². The molecule has 0 radical (unpaired) electrons. The summed E-state index contributed by atoms with van der Waals surface area (Å²) in [7, 11) is -8.73. The van der Waals surface area contributed by atoms with Crippen LogP contribution in [0.3, 0.4) is 0 Å². The van der Waals surface area contributed by atoms with Crippen LogP contribution in [0, 0.1) is 0 Å². The van der Waals surface area contributed by atoms with Crippen LogP contribution >= 0.6 is 15.2 Å². The Hall–Kier alpha value is -0.590. The summed E-state index contributed by atoms with van der Waals surface area (Å²) in [6.45, 7) is 0.104. The van der Waals surface area contributed by atoms with E-state index in [1.165, 1.54) is 0 Å². The Balaban J connectivity index is 2.64. The van der Waals surface area contributed by atoms with E-state index in [1.807, 2.05) is 0 Å². The Morgan fingerprint density at radius 3 is 2.05 bits per heavy atom. The van der Waals surface area contributed by atoms with Crippen LogP contribution in [0.15, 0.2) is 24.4 Å². The summed E-state index contributed by atoms with van der Waals surface area (Å²) in [5, 5.41) is 0. The molecule has 1 rings (SSSR count). The van der Waals surface area contributed by atoms with Crippen LogP contribution in [0.1, 0.15) is 5.69 Å². The standard InChI is InChI=1S/C9H16N2O6P2/c12-18(13,14)7-11(8-19(15,16)17)6-4-9-3-1-2-5-10-9/h1-3,5H,4,6-8H2,(H2,12,13,14)(H2,15,16,17). The smallest absolute Gasteiger partial charge is 0.324 e. The molecule has 0 aromatic carbocycles. The van der Waals surface area contributed by atoms with E-state index < -0.39 is 27.8 Å². The van der Waals surface area contributed by atoms with E-state index in [9.17, 15) is 9.13 Å². The highest BCUT2D eigenvalue weighted by molar-refractivity contribution is 7.52. The average molecular weight is 310 g/mol. The van der Waals surface area contributed by atoms with Gasteiger partial charge in [-0.3, -0.25) is 19.0 Å². The molecule has 0 aliphatic rings. The molecule has 108 valence electrons. The van der Waals surface area contributed by atoms with Gasteiger partial charge in [0.05, 0.1) is 0 Å². The molecule has 0 amide bonds. The minimum atomic E-state index is -4.37. The van der Waals surface area contributed by atoms with Gasteiger partial charge in [0.1, 0.15) is 12.6 Å². The largest absolute Gasteiger partial charge is 0.339 e. The van der Waals surface area contributed by atoms with Crippen LogP contribution in [0.4, 0.5) is 0 Å². The van der Waals surface area contributed by atoms with Gasteiger partial charge in [-0.15, -0.1) is 0 Å². The fourth-order valence-electron chi connectivity index (χ4n) is 1.53. The monoisotopic (exact) mass is 310 g/mol. The molecule has 19 heavy (non-hydrogen) atoms. The lowest BCUT2D eigenvalue weighted by molar-refractivity contribution is 0.279. The summed E-state index contributed by atoms with van der Waals surface area (Å²) in [6, 6.07) is 5.22. The molecule has 0 saturated carbocycles. The first-order valence-electron chi connectivity index (χ1n) is 5.37. The van der Waals surface area contributed by atoms with Gasteiger partial charge in [0.2, 0.25) is 0 Å². The van der Waals surface area contributed by atoms with E-state index >= 15 is 0 Å². The summed E-state index contributed by atoms with van der Waals surface area (Å²) < 4.78 is 21.8. The molecule has 0 spiro atoms. The fraction of sp³-hybridized carbons (Fsp3) is 0.444. The predicted molar refractivity (Wildman–Crippen MR) is 68.5 cm³/mol. The Labute approximate surface area is 110 Å². The number of nitrogens with zero attached hydrogens (tertiary/aromatic N) is 2. The Morgan fingerprint density at radius 1 is 1.05 bits per heavy atom. The SMILES string of the molecule is O=P(O)(O)CN(CCc1ccccn1)CP(=O)(O)O. The fourth-order valence-corrected chi connectivity index (χ4v) is 3.21. The molecular formula is C9H16N2O6P2. The van der Waals surface area contributed by atoms with Crippen molar-refractivity contribution in [2.75, 3.05) is 19.1 Å². The van der Waals surface area contributed by atoms with Gasteiger partial charge in [-0.05, 0) is 12.1 Å². The van der Waals surface area contributed by atoms with E-state index in [1.54, 1.807) is 24.4 Å². The Kier molecular flexibility index (Phi) is 5.82. The molecule has 0 bridgehead atoms. The van der Waals surface area contributed by atoms with E-state index in [0.29, 0.717) is 12.1 Å². The van der Waals surface area contributed by atoms with Crippen LogP contribution < -0.4 is 0 Å². The second-order valence-corrected chi connectivity index (χ2v) is 7.30. The van der Waals surface area contributed by atoms with Gasteiger partial charge in [-0.2, -0.15) is 0 Å². The minimum Gasteiger partial charge on any atom is -0.324 e. The normalized spacial score (nSPS) is 12.9. The molecule has 10 heteroatoms. The molecule has 0 aliphatic heterocycles. The molecule has 4 N–H and O–H groups in total. The molecule has 1 heterocycles. The lowest BCUT2D eigenvalue weighted by Gasteiger charge is -2.22. The van der Waals surface area contributed by atoms with Gasteiger partial charge in [0, 0.05) is 24.9 Å². The van der Waals surface area contributed by atoms with Crippen molar-refractivity contribution in [2.45, 2.75) is 6.42 Å². The highest BCUT2D eigenvalue weighted by Gasteiger charge is 2.25. The molecule has 0 aliphatic carbocycles. The van der Waals surface area contributed by atoms with E-state index in [0.717, 1.165) is 4.90 Å². The Bertz CT molecular complexity index is 461. The van der Waals surface area contributed by atoms with Gasteiger partial charge in [-0.25, -0.2) is 0 Å². The van der Waals surface area contributed by atoms with Crippen LogP contribution in [0.25, 0.3) is 0 Å². The first kappa shape index (κ1) is 16.5. The zero-order chi connectivity index (χ0) is 14.5. The van der Waals surface area contributed by atoms with Crippen molar-refractivity contribution in [1.82, 2.24) is 9.88 Å². The maximum Gasteiger partial charge on any atom is 0.339 e. The minimum absolute atomic E-state index is 0.104. The molecule has 1 aromatic rings. The summed E-state index contributed by atoms with van der Waals surface area (Å²) in [5.41, 5.74) is 0.684. The van der Waals surface area contributed by atoms with Crippen molar-refractivity contribution in [3.8, 4) is 0 Å². The first-order chi connectivity index (χ1) is 8.66. The van der Waals surface area contributed by atoms with Crippen molar-refractivity contribution in [1.29, 1.82) is 0 Å². The van der Waals surface area contributed by atoms with E-state index in [2.05, 4.69) is 4.98 Å². The van der Waals surface area contributed by atoms with E-state index in [4.69, 9.17) is 19.6 Å². The number of rotatable bonds is 7.